The van der Waals surface area contributed by atoms with E-state index in [1.54, 1.807) is 0 Å². The van der Waals surface area contributed by atoms with Crippen LogP contribution in [0.2, 0.25) is 0 Å². The van der Waals surface area contributed by atoms with E-state index in [9.17, 15) is 4.79 Å². The van der Waals surface area contributed by atoms with Crippen molar-refractivity contribution in [3.63, 3.8) is 0 Å². The molecule has 1 aliphatic rings. The minimum Gasteiger partial charge on any atom is -0.342 e. The normalized spacial score (nSPS) is 15.9. The van der Waals surface area contributed by atoms with Crippen LogP contribution in [0, 0.1) is 17.8 Å². The first-order chi connectivity index (χ1) is 7.00. The van der Waals surface area contributed by atoms with E-state index in [4.69, 9.17) is 0 Å². The van der Waals surface area contributed by atoms with Crippen molar-refractivity contribution >= 4 is 18.3 Å². The molecule has 0 spiro atoms. The Labute approximate surface area is 105 Å². The molecule has 1 aliphatic heterocycles. The van der Waals surface area contributed by atoms with Gasteiger partial charge in [0.1, 0.15) is 0 Å². The molecule has 1 amide bonds. The highest BCUT2D eigenvalue weighted by Gasteiger charge is 2.29. The molecule has 1 N–H and O–H groups in total. The highest BCUT2D eigenvalue weighted by molar-refractivity contribution is 5.85. The van der Waals surface area contributed by atoms with Gasteiger partial charge in [-0.1, -0.05) is 27.7 Å². The number of nitrogens with zero attached hydrogens (tertiary/aromatic N) is 1. The zero-order chi connectivity index (χ0) is 11.4. The Kier molecular flexibility index (Phi) is 7.00. The Morgan fingerprint density at radius 2 is 1.62 bits per heavy atom. The van der Waals surface area contributed by atoms with Gasteiger partial charge in [-0.05, 0) is 11.8 Å². The standard InChI is InChI=1S/C12H24N2O.ClH/c1-9(2)7-14(8-10(3)4)12(15)11-5-13-6-11;/h9-11,13H,5-8H2,1-4H3;1H. The summed E-state index contributed by atoms with van der Waals surface area (Å²) in [4.78, 5) is 14.1. The zero-order valence-electron chi connectivity index (χ0n) is 10.8. The van der Waals surface area contributed by atoms with E-state index in [2.05, 4.69) is 33.0 Å². The number of carbonyl (C=O) groups excluding carboxylic acids is 1. The van der Waals surface area contributed by atoms with Gasteiger partial charge >= 0.3 is 0 Å². The second-order valence-corrected chi connectivity index (χ2v) is 5.39. The lowest BCUT2D eigenvalue weighted by molar-refractivity contribution is -0.138. The smallest absolute Gasteiger partial charge is 0.228 e. The summed E-state index contributed by atoms with van der Waals surface area (Å²) in [6.07, 6.45) is 0. The van der Waals surface area contributed by atoms with Crippen molar-refractivity contribution < 1.29 is 4.79 Å². The van der Waals surface area contributed by atoms with Crippen LogP contribution in [0.1, 0.15) is 27.7 Å². The fraction of sp³-hybridized carbons (Fsp3) is 0.917. The Bertz CT molecular complexity index is 205. The zero-order valence-corrected chi connectivity index (χ0v) is 11.6. The lowest BCUT2D eigenvalue weighted by atomic mass is 10.00. The molecule has 1 fully saturated rings. The molecule has 0 aromatic heterocycles. The number of halogens is 1. The summed E-state index contributed by atoms with van der Waals surface area (Å²) in [5, 5.41) is 3.16. The summed E-state index contributed by atoms with van der Waals surface area (Å²) in [6, 6.07) is 0. The lowest BCUT2D eigenvalue weighted by Gasteiger charge is -2.34. The third-order valence-electron chi connectivity index (χ3n) is 2.61. The average molecular weight is 249 g/mol. The minimum atomic E-state index is 0. The first kappa shape index (κ1) is 15.7. The highest BCUT2D eigenvalue weighted by atomic mass is 35.5. The van der Waals surface area contributed by atoms with Gasteiger partial charge in [0, 0.05) is 26.2 Å². The van der Waals surface area contributed by atoms with Crippen molar-refractivity contribution in [1.29, 1.82) is 0 Å². The predicted octanol–water partition coefficient (Wildman–Crippen LogP) is 1.77. The van der Waals surface area contributed by atoms with E-state index in [1.165, 1.54) is 0 Å². The van der Waals surface area contributed by atoms with Gasteiger partial charge in [-0.3, -0.25) is 4.79 Å². The molecule has 1 rings (SSSR count). The SMILES string of the molecule is CC(C)CN(CC(C)C)C(=O)C1CNC1.Cl. The van der Waals surface area contributed by atoms with Crippen LogP contribution in [0.25, 0.3) is 0 Å². The maximum absolute atomic E-state index is 12.1. The largest absolute Gasteiger partial charge is 0.342 e. The third-order valence-corrected chi connectivity index (χ3v) is 2.61. The minimum absolute atomic E-state index is 0. The first-order valence-corrected chi connectivity index (χ1v) is 6.00. The molecule has 16 heavy (non-hydrogen) atoms. The van der Waals surface area contributed by atoms with Gasteiger partial charge in [0.15, 0.2) is 0 Å². The molecule has 96 valence electrons. The molecule has 0 aliphatic carbocycles. The van der Waals surface area contributed by atoms with Crippen molar-refractivity contribution in [1.82, 2.24) is 10.2 Å². The van der Waals surface area contributed by atoms with E-state index < -0.39 is 0 Å². The molecule has 0 radical (unpaired) electrons. The van der Waals surface area contributed by atoms with Crippen LogP contribution >= 0.6 is 12.4 Å². The van der Waals surface area contributed by atoms with Crippen LogP contribution in [-0.2, 0) is 4.79 Å². The van der Waals surface area contributed by atoms with Gasteiger partial charge in [-0.2, -0.15) is 0 Å². The van der Waals surface area contributed by atoms with Crippen molar-refractivity contribution in [2.24, 2.45) is 17.8 Å². The Morgan fingerprint density at radius 1 is 1.19 bits per heavy atom. The maximum Gasteiger partial charge on any atom is 0.228 e. The number of carbonyl (C=O) groups is 1. The molecular formula is C12H25ClN2O. The topological polar surface area (TPSA) is 32.3 Å². The predicted molar refractivity (Wildman–Crippen MR) is 69.9 cm³/mol. The Morgan fingerprint density at radius 3 is 1.88 bits per heavy atom. The van der Waals surface area contributed by atoms with Crippen LogP contribution in [0.4, 0.5) is 0 Å². The summed E-state index contributed by atoms with van der Waals surface area (Å²) >= 11 is 0. The number of amides is 1. The van der Waals surface area contributed by atoms with E-state index in [1.807, 2.05) is 4.90 Å². The second-order valence-electron chi connectivity index (χ2n) is 5.39. The Balaban J connectivity index is 0.00000225. The quantitative estimate of drug-likeness (QED) is 0.804. The molecule has 0 bridgehead atoms. The molecule has 1 heterocycles. The molecule has 3 nitrogen and oxygen atoms in total. The fourth-order valence-electron chi connectivity index (χ4n) is 1.86. The molecule has 0 aromatic carbocycles. The molecule has 0 aromatic rings. The summed E-state index contributed by atoms with van der Waals surface area (Å²) in [6.45, 7) is 12.2. The van der Waals surface area contributed by atoms with Crippen molar-refractivity contribution in [2.45, 2.75) is 27.7 Å². The molecular weight excluding hydrogens is 224 g/mol. The van der Waals surface area contributed by atoms with Crippen molar-refractivity contribution in [2.75, 3.05) is 26.2 Å². The first-order valence-electron chi connectivity index (χ1n) is 6.00. The van der Waals surface area contributed by atoms with Gasteiger partial charge in [0.25, 0.3) is 0 Å². The maximum atomic E-state index is 12.1. The molecule has 4 heteroatoms. The molecule has 0 atom stereocenters. The van der Waals surface area contributed by atoms with Crippen LogP contribution in [0.3, 0.4) is 0 Å². The van der Waals surface area contributed by atoms with Crippen LogP contribution in [0.5, 0.6) is 0 Å². The van der Waals surface area contributed by atoms with Crippen molar-refractivity contribution in [3.8, 4) is 0 Å². The number of rotatable bonds is 5. The van der Waals surface area contributed by atoms with Gasteiger partial charge in [0.05, 0.1) is 5.92 Å². The fourth-order valence-corrected chi connectivity index (χ4v) is 1.86. The Hall–Kier alpha value is -0.280. The summed E-state index contributed by atoms with van der Waals surface area (Å²) in [7, 11) is 0. The van der Waals surface area contributed by atoms with E-state index in [-0.39, 0.29) is 18.3 Å². The number of nitrogens with one attached hydrogen (secondary N) is 1. The van der Waals surface area contributed by atoms with E-state index in [0.29, 0.717) is 17.7 Å². The number of hydrogen-bond acceptors (Lipinski definition) is 2. The summed E-state index contributed by atoms with van der Waals surface area (Å²) in [5.74, 6) is 1.69. The van der Waals surface area contributed by atoms with Crippen LogP contribution in [-0.4, -0.2) is 37.0 Å². The van der Waals surface area contributed by atoms with Gasteiger partial charge in [0.2, 0.25) is 5.91 Å². The van der Waals surface area contributed by atoms with Crippen LogP contribution in [0.15, 0.2) is 0 Å². The monoisotopic (exact) mass is 248 g/mol. The van der Waals surface area contributed by atoms with Crippen molar-refractivity contribution in [3.05, 3.63) is 0 Å². The van der Waals surface area contributed by atoms with E-state index >= 15 is 0 Å². The lowest BCUT2D eigenvalue weighted by Crippen LogP contribution is -2.53. The second kappa shape index (κ2) is 7.13. The number of hydrogen-bond donors (Lipinski definition) is 1. The highest BCUT2D eigenvalue weighted by Crippen LogP contribution is 2.12. The van der Waals surface area contributed by atoms with Gasteiger partial charge in [-0.15, -0.1) is 12.4 Å². The van der Waals surface area contributed by atoms with Crippen LogP contribution < -0.4 is 5.32 Å². The molecule has 0 saturated carbocycles. The molecule has 1 saturated heterocycles. The summed E-state index contributed by atoms with van der Waals surface area (Å²) in [5.41, 5.74) is 0. The van der Waals surface area contributed by atoms with Gasteiger partial charge in [-0.25, -0.2) is 0 Å². The average Bonchev–Trinajstić information content (AvgIpc) is 1.97. The van der Waals surface area contributed by atoms with E-state index in [0.717, 1.165) is 26.2 Å². The van der Waals surface area contributed by atoms with Gasteiger partial charge < -0.3 is 10.2 Å². The third kappa shape index (κ3) is 4.71. The summed E-state index contributed by atoms with van der Waals surface area (Å²) < 4.78 is 0. The molecule has 0 unspecified atom stereocenters.